The second kappa shape index (κ2) is 9.91. The summed E-state index contributed by atoms with van der Waals surface area (Å²) in [5, 5.41) is 1.91. The topological polar surface area (TPSA) is 99.5 Å². The van der Waals surface area contributed by atoms with Crippen LogP contribution in [0, 0.1) is 5.82 Å². The van der Waals surface area contributed by atoms with E-state index in [4.69, 9.17) is 14.2 Å². The average molecular weight is 534 g/mol. The van der Waals surface area contributed by atoms with E-state index in [-0.39, 0.29) is 24.6 Å². The van der Waals surface area contributed by atoms with Crippen molar-refractivity contribution in [3.05, 3.63) is 98.7 Å². The number of nitrogens with zero attached hydrogens (tertiary/aromatic N) is 3. The highest BCUT2D eigenvalue weighted by Crippen LogP contribution is 2.40. The Kier molecular flexibility index (Phi) is 6.27. The minimum absolute atomic E-state index is 0.0400. The number of fused-ring (bicyclic) bond motifs is 4. The number of halogens is 1. The van der Waals surface area contributed by atoms with E-state index in [1.165, 1.54) is 24.4 Å². The smallest absolute Gasteiger partial charge is 0.451 e. The lowest BCUT2D eigenvalue weighted by atomic mass is 9.92. The highest BCUT2D eigenvalue weighted by atomic mass is 19.1. The summed E-state index contributed by atoms with van der Waals surface area (Å²) in [7, 11) is 1.14. The number of amides is 1. The van der Waals surface area contributed by atoms with Crippen LogP contribution >= 0.6 is 0 Å². The van der Waals surface area contributed by atoms with Crippen LogP contribution in [0.3, 0.4) is 0 Å². The summed E-state index contributed by atoms with van der Waals surface area (Å²) in [6, 6.07) is 13.0. The maximum absolute atomic E-state index is 14.7. The maximum atomic E-state index is 14.7. The van der Waals surface area contributed by atoms with E-state index >= 15 is 0 Å². The van der Waals surface area contributed by atoms with Gasteiger partial charge in [0, 0.05) is 18.8 Å². The minimum atomic E-state index is -0.998. The molecular weight excluding hydrogens is 509 g/mol. The quantitative estimate of drug-likeness (QED) is 0.373. The number of hydrogen-bond donors (Lipinski definition) is 0. The summed E-state index contributed by atoms with van der Waals surface area (Å²) < 4.78 is 36.9. The molecule has 1 fully saturated rings. The summed E-state index contributed by atoms with van der Waals surface area (Å²) >= 11 is 0. The zero-order valence-corrected chi connectivity index (χ0v) is 20.9. The Morgan fingerprint density at radius 1 is 1.08 bits per heavy atom. The highest BCUT2D eigenvalue weighted by Gasteiger charge is 2.45. The number of rotatable bonds is 4. The molecule has 0 spiro atoms. The van der Waals surface area contributed by atoms with Crippen molar-refractivity contribution < 1.29 is 32.9 Å². The predicted molar refractivity (Wildman–Crippen MR) is 137 cm³/mol. The number of carbonyl (C=O) groups excluding carboxylic acids is 2. The lowest BCUT2D eigenvalue weighted by Crippen LogP contribution is -2.66. The van der Waals surface area contributed by atoms with Gasteiger partial charge in [-0.05, 0) is 34.4 Å². The molecule has 10 nitrogen and oxygen atoms in total. The van der Waals surface area contributed by atoms with Crippen LogP contribution in [-0.4, -0.2) is 61.5 Å². The summed E-state index contributed by atoms with van der Waals surface area (Å²) in [5.74, 6) is -1.12. The SMILES string of the molecule is COC(=O)OCOc1c2n(ccc1=O)N([C@H]1c3ccccc3C=Cc3ccc(F)cc31)[C@@H]1COCCN1C2=O. The molecular formula is C28H24FN3O7. The fourth-order valence-corrected chi connectivity index (χ4v) is 5.33. The van der Waals surface area contributed by atoms with Gasteiger partial charge in [0.2, 0.25) is 18.0 Å². The predicted octanol–water partition coefficient (Wildman–Crippen LogP) is 3.13. The standard InChI is InChI=1S/C28H24FN3O7/c1-36-28(35)39-16-38-26-22(33)10-11-31-25(26)27(34)30-12-13-37-15-23(30)32(31)24-20-5-3-2-4-17(20)6-7-18-8-9-19(29)14-21(18)24/h2-11,14,23-24H,12-13,15-16H2,1H3/t23-,24+/m1/s1. The van der Waals surface area contributed by atoms with Crippen molar-refractivity contribution in [3.63, 3.8) is 0 Å². The number of ether oxygens (including phenoxy) is 4. The zero-order valence-electron chi connectivity index (χ0n) is 20.9. The largest absolute Gasteiger partial charge is 0.510 e. The van der Waals surface area contributed by atoms with Gasteiger partial charge in [0.1, 0.15) is 12.0 Å². The van der Waals surface area contributed by atoms with Crippen molar-refractivity contribution in [2.24, 2.45) is 0 Å². The molecule has 0 radical (unpaired) electrons. The van der Waals surface area contributed by atoms with Crippen LogP contribution in [0.4, 0.5) is 9.18 Å². The van der Waals surface area contributed by atoms with Gasteiger partial charge in [-0.1, -0.05) is 42.5 Å². The van der Waals surface area contributed by atoms with E-state index in [1.807, 2.05) is 41.4 Å². The number of morpholine rings is 1. The Hall–Kier alpha value is -4.64. The number of methoxy groups -OCH3 is 1. The van der Waals surface area contributed by atoms with Gasteiger partial charge in [0.15, 0.2) is 5.69 Å². The highest BCUT2D eigenvalue weighted by molar-refractivity contribution is 5.97. The van der Waals surface area contributed by atoms with Crippen molar-refractivity contribution >= 4 is 24.2 Å². The average Bonchev–Trinajstić information content (AvgIpc) is 3.11. The summed E-state index contributed by atoms with van der Waals surface area (Å²) in [5.41, 5.74) is 2.68. The molecule has 3 aromatic rings. The monoisotopic (exact) mass is 533 g/mol. The van der Waals surface area contributed by atoms with Crippen LogP contribution in [0.1, 0.15) is 38.8 Å². The van der Waals surface area contributed by atoms with Crippen molar-refractivity contribution in [1.82, 2.24) is 9.58 Å². The molecule has 0 bridgehead atoms. The third kappa shape index (κ3) is 4.20. The zero-order chi connectivity index (χ0) is 27.1. The van der Waals surface area contributed by atoms with Gasteiger partial charge in [-0.15, -0.1) is 0 Å². The molecule has 1 aromatic heterocycles. The molecule has 2 atom stereocenters. The maximum Gasteiger partial charge on any atom is 0.510 e. The summed E-state index contributed by atoms with van der Waals surface area (Å²) in [6.45, 7) is 0.130. The molecule has 0 N–H and O–H groups in total. The molecule has 0 unspecified atom stereocenters. The van der Waals surface area contributed by atoms with Crippen molar-refractivity contribution in [2.45, 2.75) is 12.2 Å². The Balaban J connectivity index is 1.57. The molecule has 3 aliphatic rings. The number of pyridine rings is 1. The molecule has 1 aliphatic carbocycles. The molecule has 2 aromatic carbocycles. The van der Waals surface area contributed by atoms with Gasteiger partial charge in [-0.25, -0.2) is 9.18 Å². The van der Waals surface area contributed by atoms with Crippen molar-refractivity contribution in [3.8, 4) is 5.75 Å². The van der Waals surface area contributed by atoms with Gasteiger partial charge in [0.25, 0.3) is 5.91 Å². The Morgan fingerprint density at radius 2 is 1.87 bits per heavy atom. The third-order valence-electron chi connectivity index (χ3n) is 7.04. The third-order valence-corrected chi connectivity index (χ3v) is 7.04. The number of aromatic nitrogens is 1. The molecule has 3 heterocycles. The van der Waals surface area contributed by atoms with E-state index < -0.39 is 42.3 Å². The van der Waals surface area contributed by atoms with Crippen LogP contribution in [-0.2, 0) is 14.2 Å². The molecule has 200 valence electrons. The number of hydrogen-bond acceptors (Lipinski definition) is 8. The van der Waals surface area contributed by atoms with E-state index in [1.54, 1.807) is 15.6 Å². The molecule has 11 heteroatoms. The fourth-order valence-electron chi connectivity index (χ4n) is 5.33. The second-order valence-electron chi connectivity index (χ2n) is 9.14. The fraction of sp³-hybridized carbons (Fsp3) is 0.250. The molecule has 1 saturated heterocycles. The Bertz CT molecular complexity index is 1550. The normalized spacial score (nSPS) is 19.3. The van der Waals surface area contributed by atoms with Crippen LogP contribution < -0.4 is 15.2 Å². The van der Waals surface area contributed by atoms with Gasteiger partial charge in [0.05, 0.1) is 26.4 Å². The molecule has 6 rings (SSSR count). The van der Waals surface area contributed by atoms with E-state index in [9.17, 15) is 18.8 Å². The second-order valence-corrected chi connectivity index (χ2v) is 9.14. The van der Waals surface area contributed by atoms with Gasteiger partial charge in [-0.3, -0.25) is 19.3 Å². The van der Waals surface area contributed by atoms with E-state index in [0.717, 1.165) is 23.8 Å². The van der Waals surface area contributed by atoms with E-state index in [2.05, 4.69) is 4.74 Å². The minimum Gasteiger partial charge on any atom is -0.451 e. The van der Waals surface area contributed by atoms with E-state index in [0.29, 0.717) is 12.2 Å². The van der Waals surface area contributed by atoms with Gasteiger partial charge < -0.3 is 23.8 Å². The van der Waals surface area contributed by atoms with Gasteiger partial charge in [-0.2, -0.15) is 0 Å². The molecule has 39 heavy (non-hydrogen) atoms. The first-order valence-electron chi connectivity index (χ1n) is 12.3. The number of carbonyl (C=O) groups is 2. The first kappa shape index (κ1) is 24.7. The van der Waals surface area contributed by atoms with Crippen molar-refractivity contribution in [1.29, 1.82) is 0 Å². The van der Waals surface area contributed by atoms with Crippen LogP contribution in [0.15, 0.2) is 59.5 Å². The first-order chi connectivity index (χ1) is 19.0. The Morgan fingerprint density at radius 3 is 2.69 bits per heavy atom. The lowest BCUT2D eigenvalue weighted by Gasteiger charge is -2.51. The van der Waals surface area contributed by atoms with Gasteiger partial charge >= 0.3 is 6.16 Å². The van der Waals surface area contributed by atoms with Crippen molar-refractivity contribution in [2.75, 3.05) is 38.7 Å². The molecule has 1 amide bonds. The number of benzene rings is 2. The van der Waals surface area contributed by atoms with Crippen LogP contribution in [0.25, 0.3) is 12.2 Å². The van der Waals surface area contributed by atoms with Crippen LogP contribution in [0.2, 0.25) is 0 Å². The molecule has 0 saturated carbocycles. The first-order valence-corrected chi connectivity index (χ1v) is 12.3. The Labute approximate surface area is 222 Å². The van der Waals surface area contributed by atoms with Crippen LogP contribution in [0.5, 0.6) is 5.75 Å². The summed E-state index contributed by atoms with van der Waals surface area (Å²) in [6.07, 6.45) is 3.83. The summed E-state index contributed by atoms with van der Waals surface area (Å²) in [4.78, 5) is 39.8. The lowest BCUT2D eigenvalue weighted by molar-refractivity contribution is -0.0208. The molecule has 2 aliphatic heterocycles.